The Kier molecular flexibility index (Phi) is 4.63. The standard InChI is InChI=1S/C29H27N3O2/c1-19-12-14-21(15-13-19)23-17-32-25(33)18-31(16-20-8-4-3-5-9-20)28(34)29(32,2)27-26(23)22-10-6-7-11-24(22)30-27/h3-15,23,30H,16-18H2,1-2H3/t23-,29+/m1/s1. The summed E-state index contributed by atoms with van der Waals surface area (Å²) in [6.07, 6.45) is 0. The van der Waals surface area contributed by atoms with Gasteiger partial charge in [-0.1, -0.05) is 78.4 Å². The summed E-state index contributed by atoms with van der Waals surface area (Å²) in [5.41, 5.74) is 5.26. The van der Waals surface area contributed by atoms with Gasteiger partial charge in [0.05, 0.1) is 5.69 Å². The smallest absolute Gasteiger partial charge is 0.255 e. The molecule has 0 bridgehead atoms. The topological polar surface area (TPSA) is 56.4 Å². The zero-order valence-electron chi connectivity index (χ0n) is 19.4. The third-order valence-electron chi connectivity index (χ3n) is 7.51. The number of rotatable bonds is 3. The first-order valence-corrected chi connectivity index (χ1v) is 11.8. The molecular formula is C29H27N3O2. The van der Waals surface area contributed by atoms with Crippen LogP contribution in [0, 0.1) is 6.92 Å². The molecule has 170 valence electrons. The van der Waals surface area contributed by atoms with Crippen molar-refractivity contribution in [2.75, 3.05) is 13.1 Å². The molecular weight excluding hydrogens is 422 g/mol. The van der Waals surface area contributed by atoms with Crippen molar-refractivity contribution in [3.63, 3.8) is 0 Å². The largest absolute Gasteiger partial charge is 0.356 e. The molecule has 4 aromatic rings. The molecule has 3 aromatic carbocycles. The van der Waals surface area contributed by atoms with Crippen LogP contribution >= 0.6 is 0 Å². The maximum absolute atomic E-state index is 14.1. The Bertz CT molecular complexity index is 1410. The average molecular weight is 450 g/mol. The van der Waals surface area contributed by atoms with Gasteiger partial charge in [-0.3, -0.25) is 9.59 Å². The lowest BCUT2D eigenvalue weighted by molar-refractivity contribution is -0.166. The number of nitrogens with one attached hydrogen (secondary N) is 1. The van der Waals surface area contributed by atoms with E-state index in [0.29, 0.717) is 13.1 Å². The Labute approximate surface area is 199 Å². The molecule has 3 heterocycles. The van der Waals surface area contributed by atoms with Gasteiger partial charge in [0, 0.05) is 29.9 Å². The predicted octanol–water partition coefficient (Wildman–Crippen LogP) is 4.71. The third-order valence-corrected chi connectivity index (χ3v) is 7.51. The van der Waals surface area contributed by atoms with Crippen LogP contribution in [-0.2, 0) is 21.7 Å². The molecule has 2 aliphatic heterocycles. The van der Waals surface area contributed by atoms with Crippen LogP contribution in [-0.4, -0.2) is 39.7 Å². The van der Waals surface area contributed by atoms with Gasteiger partial charge in [-0.15, -0.1) is 0 Å². The van der Waals surface area contributed by atoms with Gasteiger partial charge in [-0.05, 0) is 36.6 Å². The number of carbonyl (C=O) groups excluding carboxylic acids is 2. The number of carbonyl (C=O) groups is 2. The molecule has 0 unspecified atom stereocenters. The lowest BCUT2D eigenvalue weighted by atomic mass is 9.76. The lowest BCUT2D eigenvalue weighted by Gasteiger charge is -2.51. The van der Waals surface area contributed by atoms with Gasteiger partial charge in [-0.25, -0.2) is 0 Å². The maximum atomic E-state index is 14.1. The van der Waals surface area contributed by atoms with Gasteiger partial charge >= 0.3 is 0 Å². The van der Waals surface area contributed by atoms with E-state index in [2.05, 4.69) is 42.2 Å². The van der Waals surface area contributed by atoms with Crippen LogP contribution in [0.4, 0.5) is 0 Å². The number of amides is 2. The number of aryl methyl sites for hydroxylation is 1. The van der Waals surface area contributed by atoms with Crippen LogP contribution in [0.15, 0.2) is 78.9 Å². The second-order valence-corrected chi connectivity index (χ2v) is 9.65. The number of hydrogen-bond donors (Lipinski definition) is 1. The van der Waals surface area contributed by atoms with Gasteiger partial charge in [0.25, 0.3) is 5.91 Å². The van der Waals surface area contributed by atoms with Gasteiger partial charge in [0.15, 0.2) is 5.54 Å². The van der Waals surface area contributed by atoms with Gasteiger partial charge < -0.3 is 14.8 Å². The normalized spacial score (nSPS) is 22.1. The first kappa shape index (κ1) is 20.7. The van der Waals surface area contributed by atoms with Crippen LogP contribution in [0.5, 0.6) is 0 Å². The number of para-hydroxylation sites is 1. The van der Waals surface area contributed by atoms with E-state index in [1.54, 1.807) is 9.80 Å². The maximum Gasteiger partial charge on any atom is 0.255 e. The van der Waals surface area contributed by atoms with Crippen LogP contribution in [0.2, 0.25) is 0 Å². The number of nitrogens with zero attached hydrogens (tertiary/aromatic N) is 2. The summed E-state index contributed by atoms with van der Waals surface area (Å²) in [6.45, 7) is 4.99. The molecule has 1 fully saturated rings. The number of fused-ring (bicyclic) bond motifs is 5. The minimum Gasteiger partial charge on any atom is -0.356 e. The molecule has 2 atom stereocenters. The summed E-state index contributed by atoms with van der Waals surface area (Å²) in [4.78, 5) is 34.7. The second-order valence-electron chi connectivity index (χ2n) is 9.65. The Hall–Kier alpha value is -3.86. The quantitative estimate of drug-likeness (QED) is 0.493. The van der Waals surface area contributed by atoms with E-state index in [-0.39, 0.29) is 24.3 Å². The van der Waals surface area contributed by atoms with Crippen molar-refractivity contribution in [1.29, 1.82) is 0 Å². The molecule has 1 N–H and O–H groups in total. The molecule has 2 aliphatic rings. The lowest BCUT2D eigenvalue weighted by Crippen LogP contribution is -2.67. The Morgan fingerprint density at radius 3 is 2.41 bits per heavy atom. The van der Waals surface area contributed by atoms with Crippen molar-refractivity contribution < 1.29 is 9.59 Å². The van der Waals surface area contributed by atoms with Crippen LogP contribution in [0.25, 0.3) is 10.9 Å². The Morgan fingerprint density at radius 1 is 0.941 bits per heavy atom. The minimum absolute atomic E-state index is 0.00255. The summed E-state index contributed by atoms with van der Waals surface area (Å²) in [5.74, 6) is -0.0530. The summed E-state index contributed by atoms with van der Waals surface area (Å²) in [6, 6.07) is 26.6. The molecule has 1 saturated heterocycles. The molecule has 5 heteroatoms. The predicted molar refractivity (Wildman–Crippen MR) is 132 cm³/mol. The highest BCUT2D eigenvalue weighted by Gasteiger charge is 2.56. The number of aromatic nitrogens is 1. The highest BCUT2D eigenvalue weighted by Crippen LogP contribution is 2.48. The summed E-state index contributed by atoms with van der Waals surface area (Å²) < 4.78 is 0. The first-order chi connectivity index (χ1) is 16.5. The fourth-order valence-corrected chi connectivity index (χ4v) is 5.71. The summed E-state index contributed by atoms with van der Waals surface area (Å²) in [7, 11) is 0. The Morgan fingerprint density at radius 2 is 1.65 bits per heavy atom. The van der Waals surface area contributed by atoms with E-state index in [9.17, 15) is 9.59 Å². The number of aromatic amines is 1. The van der Waals surface area contributed by atoms with E-state index in [1.807, 2.05) is 55.5 Å². The number of benzene rings is 3. The SMILES string of the molecule is Cc1ccc([C@H]2CN3C(=O)CN(Cc4ccccc4)C(=O)[C@]3(C)c3[nH]c4ccccc4c32)cc1. The van der Waals surface area contributed by atoms with Crippen molar-refractivity contribution in [3.05, 3.63) is 107 Å². The molecule has 34 heavy (non-hydrogen) atoms. The highest BCUT2D eigenvalue weighted by molar-refractivity contribution is 6.01. The van der Waals surface area contributed by atoms with Crippen molar-refractivity contribution >= 4 is 22.7 Å². The Balaban J connectivity index is 1.52. The van der Waals surface area contributed by atoms with Gasteiger partial charge in [0.2, 0.25) is 5.91 Å². The first-order valence-electron chi connectivity index (χ1n) is 11.8. The minimum atomic E-state index is -1.07. The summed E-state index contributed by atoms with van der Waals surface area (Å²) >= 11 is 0. The molecule has 0 saturated carbocycles. The van der Waals surface area contributed by atoms with Gasteiger partial charge in [-0.2, -0.15) is 0 Å². The third kappa shape index (κ3) is 3.00. The van der Waals surface area contributed by atoms with E-state index in [1.165, 1.54) is 5.56 Å². The highest BCUT2D eigenvalue weighted by atomic mass is 16.2. The van der Waals surface area contributed by atoms with Crippen molar-refractivity contribution in [2.45, 2.75) is 31.8 Å². The number of piperazine rings is 1. The van der Waals surface area contributed by atoms with Crippen molar-refractivity contribution in [2.24, 2.45) is 0 Å². The van der Waals surface area contributed by atoms with E-state index in [4.69, 9.17) is 0 Å². The van der Waals surface area contributed by atoms with E-state index in [0.717, 1.165) is 33.3 Å². The van der Waals surface area contributed by atoms with Crippen LogP contribution in [0.3, 0.4) is 0 Å². The van der Waals surface area contributed by atoms with Crippen LogP contribution in [0.1, 0.15) is 40.8 Å². The number of H-pyrrole nitrogens is 1. The van der Waals surface area contributed by atoms with E-state index < -0.39 is 5.54 Å². The molecule has 1 aromatic heterocycles. The molecule has 0 spiro atoms. The molecule has 0 aliphatic carbocycles. The zero-order valence-corrected chi connectivity index (χ0v) is 19.4. The average Bonchev–Trinajstić information content (AvgIpc) is 3.25. The molecule has 2 amide bonds. The zero-order chi connectivity index (χ0) is 23.4. The fraction of sp³-hybridized carbons (Fsp3) is 0.241. The summed E-state index contributed by atoms with van der Waals surface area (Å²) in [5, 5.41) is 1.12. The monoisotopic (exact) mass is 449 g/mol. The fourth-order valence-electron chi connectivity index (χ4n) is 5.71. The molecule has 5 nitrogen and oxygen atoms in total. The van der Waals surface area contributed by atoms with Crippen molar-refractivity contribution in [1.82, 2.24) is 14.8 Å². The van der Waals surface area contributed by atoms with E-state index >= 15 is 0 Å². The second kappa shape index (κ2) is 7.59. The van der Waals surface area contributed by atoms with Crippen LogP contribution < -0.4 is 0 Å². The van der Waals surface area contributed by atoms with Gasteiger partial charge in [0.1, 0.15) is 6.54 Å². The van der Waals surface area contributed by atoms with Crippen molar-refractivity contribution in [3.8, 4) is 0 Å². The molecule has 6 rings (SSSR count). The molecule has 0 radical (unpaired) electrons. The number of hydrogen-bond acceptors (Lipinski definition) is 2.